The van der Waals surface area contributed by atoms with Crippen LogP contribution >= 0.6 is 0 Å². The van der Waals surface area contributed by atoms with Crippen molar-refractivity contribution >= 4 is 22.5 Å². The number of aromatic amines is 1. The maximum Gasteiger partial charge on any atom is 0.273 e. The van der Waals surface area contributed by atoms with Crippen LogP contribution in [0.3, 0.4) is 0 Å². The summed E-state index contributed by atoms with van der Waals surface area (Å²) in [4.78, 5) is 15.4. The maximum absolute atomic E-state index is 12.4. The van der Waals surface area contributed by atoms with E-state index in [-0.39, 0.29) is 12.7 Å². The number of hydrazone groups is 1. The van der Waals surface area contributed by atoms with Gasteiger partial charge in [0.25, 0.3) is 5.91 Å². The lowest BCUT2D eigenvalue weighted by atomic mass is 10.1. The number of nitrogens with zero attached hydrogens (tertiary/aromatic N) is 1. The first kappa shape index (κ1) is 14.3. The van der Waals surface area contributed by atoms with Gasteiger partial charge in [-0.15, -0.1) is 0 Å². The molecule has 120 valence electrons. The predicted octanol–water partition coefficient (Wildman–Crippen LogP) is 3.05. The Labute approximate surface area is 138 Å². The molecule has 1 aliphatic heterocycles. The van der Waals surface area contributed by atoms with Gasteiger partial charge in [0.2, 0.25) is 6.79 Å². The number of fused-ring (bicyclic) bond motifs is 2. The molecule has 0 spiro atoms. The van der Waals surface area contributed by atoms with Gasteiger partial charge in [-0.25, -0.2) is 5.43 Å². The first-order chi connectivity index (χ1) is 11.7. The van der Waals surface area contributed by atoms with Gasteiger partial charge >= 0.3 is 0 Å². The van der Waals surface area contributed by atoms with Gasteiger partial charge in [0.1, 0.15) is 0 Å². The lowest BCUT2D eigenvalue weighted by Crippen LogP contribution is -2.19. The Kier molecular flexibility index (Phi) is 3.42. The molecule has 1 aromatic heterocycles. The van der Waals surface area contributed by atoms with Crippen LogP contribution in [0.15, 0.2) is 53.8 Å². The molecule has 2 aromatic carbocycles. The molecular weight excluding hydrogens is 306 g/mol. The summed E-state index contributed by atoms with van der Waals surface area (Å²) in [7, 11) is 0. The first-order valence-corrected chi connectivity index (χ1v) is 7.53. The van der Waals surface area contributed by atoms with Crippen molar-refractivity contribution in [3.63, 3.8) is 0 Å². The molecule has 1 aliphatic rings. The van der Waals surface area contributed by atoms with Gasteiger partial charge in [-0.05, 0) is 31.2 Å². The predicted molar refractivity (Wildman–Crippen MR) is 90.5 cm³/mol. The standard InChI is InChI=1S/C18H15N3O3/c1-11(12-6-7-16-17(8-12)24-10-23-16)20-21-18(22)14-9-19-15-5-3-2-4-13(14)15/h2-9,19H,10H2,1H3,(H,21,22)/b20-11+. The van der Waals surface area contributed by atoms with E-state index in [1.807, 2.05) is 49.4 Å². The molecule has 0 saturated carbocycles. The average molecular weight is 321 g/mol. The molecule has 4 rings (SSSR count). The molecule has 0 saturated heterocycles. The van der Waals surface area contributed by atoms with Crippen molar-refractivity contribution in [3.05, 3.63) is 59.8 Å². The van der Waals surface area contributed by atoms with Crippen LogP contribution < -0.4 is 14.9 Å². The second-order valence-electron chi connectivity index (χ2n) is 5.45. The van der Waals surface area contributed by atoms with Gasteiger partial charge < -0.3 is 14.5 Å². The van der Waals surface area contributed by atoms with Crippen molar-refractivity contribution in [2.24, 2.45) is 5.10 Å². The van der Waals surface area contributed by atoms with Crippen molar-refractivity contribution in [1.82, 2.24) is 10.4 Å². The number of aromatic nitrogens is 1. The molecule has 1 amide bonds. The highest BCUT2D eigenvalue weighted by Gasteiger charge is 2.15. The number of benzene rings is 2. The highest BCUT2D eigenvalue weighted by molar-refractivity contribution is 6.07. The second kappa shape index (κ2) is 5.73. The molecule has 3 aromatic rings. The van der Waals surface area contributed by atoms with Gasteiger partial charge in [0.15, 0.2) is 11.5 Å². The summed E-state index contributed by atoms with van der Waals surface area (Å²) in [5.41, 5.74) is 5.62. The number of para-hydroxylation sites is 1. The number of carbonyl (C=O) groups is 1. The molecule has 2 heterocycles. The van der Waals surface area contributed by atoms with Crippen LogP contribution in [-0.4, -0.2) is 23.4 Å². The smallest absolute Gasteiger partial charge is 0.273 e. The van der Waals surface area contributed by atoms with Crippen molar-refractivity contribution in [1.29, 1.82) is 0 Å². The number of ether oxygens (including phenoxy) is 2. The Hall–Kier alpha value is -3.28. The van der Waals surface area contributed by atoms with E-state index in [0.29, 0.717) is 17.0 Å². The summed E-state index contributed by atoms with van der Waals surface area (Å²) in [5, 5.41) is 5.06. The monoisotopic (exact) mass is 321 g/mol. The zero-order valence-corrected chi connectivity index (χ0v) is 13.0. The topological polar surface area (TPSA) is 75.7 Å². The van der Waals surface area contributed by atoms with Crippen LogP contribution in [0.2, 0.25) is 0 Å². The SMILES string of the molecule is C/C(=N\NC(=O)c1c[nH]c2ccccc12)c1ccc2c(c1)OCO2. The number of hydrogen-bond acceptors (Lipinski definition) is 4. The van der Waals surface area contributed by atoms with Crippen molar-refractivity contribution < 1.29 is 14.3 Å². The van der Waals surface area contributed by atoms with E-state index in [9.17, 15) is 4.79 Å². The van der Waals surface area contributed by atoms with Crippen LogP contribution in [0, 0.1) is 0 Å². The molecule has 0 radical (unpaired) electrons. The number of carbonyl (C=O) groups excluding carboxylic acids is 1. The lowest BCUT2D eigenvalue weighted by Gasteiger charge is -2.04. The summed E-state index contributed by atoms with van der Waals surface area (Å²) >= 11 is 0. The molecule has 0 fully saturated rings. The van der Waals surface area contributed by atoms with Gasteiger partial charge in [-0.3, -0.25) is 4.79 Å². The second-order valence-corrected chi connectivity index (χ2v) is 5.45. The highest BCUT2D eigenvalue weighted by atomic mass is 16.7. The van der Waals surface area contributed by atoms with E-state index in [1.165, 1.54) is 0 Å². The zero-order valence-electron chi connectivity index (χ0n) is 13.0. The van der Waals surface area contributed by atoms with E-state index in [4.69, 9.17) is 9.47 Å². The summed E-state index contributed by atoms with van der Waals surface area (Å²) < 4.78 is 10.6. The zero-order chi connectivity index (χ0) is 16.5. The molecular formula is C18H15N3O3. The minimum absolute atomic E-state index is 0.228. The van der Waals surface area contributed by atoms with Gasteiger partial charge in [-0.2, -0.15) is 5.10 Å². The van der Waals surface area contributed by atoms with E-state index >= 15 is 0 Å². The molecule has 0 aliphatic carbocycles. The maximum atomic E-state index is 12.4. The van der Waals surface area contributed by atoms with Gasteiger partial charge in [0.05, 0.1) is 11.3 Å². The summed E-state index contributed by atoms with van der Waals surface area (Å²) in [6.07, 6.45) is 1.69. The minimum Gasteiger partial charge on any atom is -0.454 e. The van der Waals surface area contributed by atoms with E-state index < -0.39 is 0 Å². The van der Waals surface area contributed by atoms with Crippen molar-refractivity contribution in [3.8, 4) is 11.5 Å². The quantitative estimate of drug-likeness (QED) is 0.575. The number of hydrogen-bond donors (Lipinski definition) is 2. The van der Waals surface area contributed by atoms with Crippen LogP contribution in [-0.2, 0) is 0 Å². The Morgan fingerprint density at radius 1 is 1.17 bits per heavy atom. The Bertz CT molecular complexity index is 959. The Balaban J connectivity index is 1.54. The Morgan fingerprint density at radius 2 is 2.00 bits per heavy atom. The molecule has 0 atom stereocenters. The van der Waals surface area contributed by atoms with Gasteiger partial charge in [-0.1, -0.05) is 18.2 Å². The average Bonchev–Trinajstić information content (AvgIpc) is 3.25. The Morgan fingerprint density at radius 3 is 2.92 bits per heavy atom. The van der Waals surface area contributed by atoms with Crippen LogP contribution in [0.25, 0.3) is 10.9 Å². The summed E-state index contributed by atoms with van der Waals surface area (Å²) in [5.74, 6) is 1.15. The van der Waals surface area contributed by atoms with E-state index in [0.717, 1.165) is 22.2 Å². The third-order valence-corrected chi connectivity index (χ3v) is 3.95. The third kappa shape index (κ3) is 2.48. The largest absolute Gasteiger partial charge is 0.454 e. The molecule has 6 nitrogen and oxygen atoms in total. The lowest BCUT2D eigenvalue weighted by molar-refractivity contribution is 0.0956. The molecule has 24 heavy (non-hydrogen) atoms. The number of H-pyrrole nitrogens is 1. The summed E-state index contributed by atoms with van der Waals surface area (Å²) in [6, 6.07) is 13.2. The number of amides is 1. The summed E-state index contributed by atoms with van der Waals surface area (Å²) in [6.45, 7) is 2.05. The fourth-order valence-electron chi connectivity index (χ4n) is 2.64. The normalized spacial score (nSPS) is 13.3. The van der Waals surface area contributed by atoms with E-state index in [2.05, 4.69) is 15.5 Å². The molecule has 6 heteroatoms. The van der Waals surface area contributed by atoms with Crippen LogP contribution in [0.4, 0.5) is 0 Å². The van der Waals surface area contributed by atoms with Gasteiger partial charge in [0, 0.05) is 22.7 Å². The van der Waals surface area contributed by atoms with Crippen LogP contribution in [0.1, 0.15) is 22.8 Å². The highest BCUT2D eigenvalue weighted by Crippen LogP contribution is 2.32. The van der Waals surface area contributed by atoms with Crippen molar-refractivity contribution in [2.45, 2.75) is 6.92 Å². The first-order valence-electron chi connectivity index (χ1n) is 7.53. The fourth-order valence-corrected chi connectivity index (χ4v) is 2.64. The molecule has 0 bridgehead atoms. The number of nitrogens with one attached hydrogen (secondary N) is 2. The van der Waals surface area contributed by atoms with Crippen molar-refractivity contribution in [2.75, 3.05) is 6.79 Å². The minimum atomic E-state index is -0.257. The van der Waals surface area contributed by atoms with Crippen LogP contribution in [0.5, 0.6) is 11.5 Å². The van der Waals surface area contributed by atoms with E-state index in [1.54, 1.807) is 6.20 Å². The number of rotatable bonds is 3. The molecule has 0 unspecified atom stereocenters. The molecule has 2 N–H and O–H groups in total. The fraction of sp³-hybridized carbons (Fsp3) is 0.111. The third-order valence-electron chi connectivity index (χ3n) is 3.95.